The molecule has 0 spiro atoms. The largest absolute Gasteiger partial charge is 0.369 e. The standard InChI is InChI=1S/C16H30O/c1-3-5-7-9-10-12-14-16-15(17-16)13-11-8-6-4-2/h8,11,15-16H,3-7,9-10,12-14H2,1-2H3. The van der Waals surface area contributed by atoms with Crippen molar-refractivity contribution in [1.82, 2.24) is 0 Å². The summed E-state index contributed by atoms with van der Waals surface area (Å²) in [6.45, 7) is 4.49. The molecule has 0 saturated carbocycles. The van der Waals surface area contributed by atoms with Gasteiger partial charge in [0.05, 0.1) is 12.2 Å². The lowest BCUT2D eigenvalue weighted by Crippen LogP contribution is -1.92. The van der Waals surface area contributed by atoms with Crippen LogP contribution in [0.1, 0.15) is 78.1 Å². The van der Waals surface area contributed by atoms with E-state index >= 15 is 0 Å². The van der Waals surface area contributed by atoms with Crippen molar-refractivity contribution in [2.75, 3.05) is 0 Å². The third-order valence-corrected chi connectivity index (χ3v) is 3.52. The second-order valence-electron chi connectivity index (χ2n) is 5.27. The number of ether oxygens (including phenoxy) is 1. The zero-order chi connectivity index (χ0) is 12.3. The monoisotopic (exact) mass is 238 g/mol. The summed E-state index contributed by atoms with van der Waals surface area (Å²) in [5.74, 6) is 0. The van der Waals surface area contributed by atoms with Crippen LogP contribution in [0.4, 0.5) is 0 Å². The van der Waals surface area contributed by atoms with Crippen molar-refractivity contribution >= 4 is 0 Å². The molecule has 1 aliphatic heterocycles. The van der Waals surface area contributed by atoms with Crippen molar-refractivity contribution in [3.8, 4) is 0 Å². The Hall–Kier alpha value is -0.300. The van der Waals surface area contributed by atoms with E-state index in [1.807, 2.05) is 0 Å². The van der Waals surface area contributed by atoms with Gasteiger partial charge in [-0.25, -0.2) is 0 Å². The fourth-order valence-electron chi connectivity index (χ4n) is 2.28. The highest BCUT2D eigenvalue weighted by Crippen LogP contribution is 2.30. The zero-order valence-electron chi connectivity index (χ0n) is 11.8. The molecule has 0 N–H and O–H groups in total. The summed E-state index contributed by atoms with van der Waals surface area (Å²) in [6, 6.07) is 0. The molecule has 0 aromatic heterocycles. The lowest BCUT2D eigenvalue weighted by Gasteiger charge is -1.98. The van der Waals surface area contributed by atoms with Gasteiger partial charge in [0.25, 0.3) is 0 Å². The molecule has 2 unspecified atom stereocenters. The second-order valence-corrected chi connectivity index (χ2v) is 5.27. The maximum Gasteiger partial charge on any atom is 0.0876 e. The van der Waals surface area contributed by atoms with Gasteiger partial charge in [-0.05, 0) is 19.3 Å². The number of rotatable bonds is 11. The summed E-state index contributed by atoms with van der Waals surface area (Å²) in [4.78, 5) is 0. The summed E-state index contributed by atoms with van der Waals surface area (Å²) in [5.41, 5.74) is 0. The van der Waals surface area contributed by atoms with E-state index in [1.54, 1.807) is 0 Å². The van der Waals surface area contributed by atoms with E-state index in [9.17, 15) is 0 Å². The fraction of sp³-hybridized carbons (Fsp3) is 0.875. The van der Waals surface area contributed by atoms with E-state index in [0.717, 1.165) is 6.42 Å². The number of hydrogen-bond donors (Lipinski definition) is 0. The molecule has 1 heterocycles. The van der Waals surface area contributed by atoms with Gasteiger partial charge in [0, 0.05) is 0 Å². The van der Waals surface area contributed by atoms with Crippen LogP contribution in [0.5, 0.6) is 0 Å². The van der Waals surface area contributed by atoms with Gasteiger partial charge in [-0.2, -0.15) is 0 Å². The Morgan fingerprint density at radius 2 is 1.59 bits per heavy atom. The van der Waals surface area contributed by atoms with Crippen LogP contribution in [0.3, 0.4) is 0 Å². The lowest BCUT2D eigenvalue weighted by molar-refractivity contribution is 0.358. The first kappa shape index (κ1) is 14.8. The highest BCUT2D eigenvalue weighted by Gasteiger charge is 2.36. The van der Waals surface area contributed by atoms with E-state index in [-0.39, 0.29) is 0 Å². The molecule has 0 aromatic carbocycles. The number of epoxide rings is 1. The Morgan fingerprint density at radius 3 is 2.35 bits per heavy atom. The van der Waals surface area contributed by atoms with Gasteiger partial charge in [0.1, 0.15) is 0 Å². The van der Waals surface area contributed by atoms with Crippen LogP contribution in [0.2, 0.25) is 0 Å². The van der Waals surface area contributed by atoms with E-state index in [0.29, 0.717) is 12.2 Å². The van der Waals surface area contributed by atoms with Crippen LogP contribution < -0.4 is 0 Å². The highest BCUT2D eigenvalue weighted by molar-refractivity contribution is 4.93. The van der Waals surface area contributed by atoms with Gasteiger partial charge in [0.2, 0.25) is 0 Å². The van der Waals surface area contributed by atoms with Crippen molar-refractivity contribution in [1.29, 1.82) is 0 Å². The van der Waals surface area contributed by atoms with Crippen LogP contribution in [0.25, 0.3) is 0 Å². The Bertz CT molecular complexity index is 198. The first-order valence-corrected chi connectivity index (χ1v) is 7.69. The minimum Gasteiger partial charge on any atom is -0.369 e. The maximum absolute atomic E-state index is 5.67. The number of hydrogen-bond acceptors (Lipinski definition) is 1. The van der Waals surface area contributed by atoms with Crippen molar-refractivity contribution < 1.29 is 4.74 Å². The zero-order valence-corrected chi connectivity index (χ0v) is 11.8. The third-order valence-electron chi connectivity index (χ3n) is 3.52. The Morgan fingerprint density at radius 1 is 0.824 bits per heavy atom. The number of unbranched alkanes of at least 4 members (excludes halogenated alkanes) is 6. The minimum atomic E-state index is 0.554. The smallest absolute Gasteiger partial charge is 0.0876 e. The van der Waals surface area contributed by atoms with Gasteiger partial charge in [-0.15, -0.1) is 0 Å². The normalized spacial score (nSPS) is 23.4. The third kappa shape index (κ3) is 7.59. The fourth-order valence-corrected chi connectivity index (χ4v) is 2.28. The topological polar surface area (TPSA) is 12.5 Å². The molecule has 17 heavy (non-hydrogen) atoms. The first-order valence-electron chi connectivity index (χ1n) is 7.69. The van der Waals surface area contributed by atoms with Gasteiger partial charge in [-0.3, -0.25) is 0 Å². The van der Waals surface area contributed by atoms with E-state index in [2.05, 4.69) is 26.0 Å². The molecule has 1 rings (SSSR count). The van der Waals surface area contributed by atoms with Crippen LogP contribution in [-0.4, -0.2) is 12.2 Å². The Balaban J connectivity index is 1.84. The van der Waals surface area contributed by atoms with E-state index < -0.39 is 0 Å². The molecule has 1 nitrogen and oxygen atoms in total. The number of allylic oxidation sites excluding steroid dienone is 1. The first-order chi connectivity index (χ1) is 8.38. The summed E-state index contributed by atoms with van der Waals surface area (Å²) in [5, 5.41) is 0. The summed E-state index contributed by atoms with van der Waals surface area (Å²) in [6.07, 6.45) is 19.0. The lowest BCUT2D eigenvalue weighted by atomic mass is 10.1. The average molecular weight is 238 g/mol. The van der Waals surface area contributed by atoms with E-state index in [4.69, 9.17) is 4.74 Å². The molecule has 0 aromatic rings. The molecule has 0 radical (unpaired) electrons. The average Bonchev–Trinajstić information content (AvgIpc) is 3.08. The van der Waals surface area contributed by atoms with Crippen LogP contribution >= 0.6 is 0 Å². The molecule has 1 aliphatic rings. The quantitative estimate of drug-likeness (QED) is 0.272. The van der Waals surface area contributed by atoms with E-state index in [1.165, 1.54) is 57.8 Å². The molecule has 1 heteroatoms. The molecule has 2 atom stereocenters. The molecule has 1 fully saturated rings. The molecule has 0 bridgehead atoms. The maximum atomic E-state index is 5.67. The van der Waals surface area contributed by atoms with Crippen LogP contribution in [0.15, 0.2) is 12.2 Å². The molecular weight excluding hydrogens is 208 g/mol. The molecule has 1 saturated heterocycles. The Labute approximate surface area is 108 Å². The molecular formula is C16H30O. The minimum absolute atomic E-state index is 0.554. The highest BCUT2D eigenvalue weighted by atomic mass is 16.6. The summed E-state index contributed by atoms with van der Waals surface area (Å²) >= 11 is 0. The van der Waals surface area contributed by atoms with Crippen LogP contribution in [-0.2, 0) is 4.74 Å². The second kappa shape index (κ2) is 9.70. The molecule has 100 valence electrons. The van der Waals surface area contributed by atoms with Crippen molar-refractivity contribution in [2.24, 2.45) is 0 Å². The van der Waals surface area contributed by atoms with Crippen molar-refractivity contribution in [3.63, 3.8) is 0 Å². The summed E-state index contributed by atoms with van der Waals surface area (Å²) < 4.78 is 5.67. The van der Waals surface area contributed by atoms with Crippen molar-refractivity contribution in [3.05, 3.63) is 12.2 Å². The van der Waals surface area contributed by atoms with Crippen LogP contribution in [0, 0.1) is 0 Å². The molecule has 0 aliphatic carbocycles. The Kier molecular flexibility index (Phi) is 8.42. The van der Waals surface area contributed by atoms with Gasteiger partial charge in [0.15, 0.2) is 0 Å². The SMILES string of the molecule is CCCC=CCC1OC1CCCCCCCC. The van der Waals surface area contributed by atoms with Gasteiger partial charge in [-0.1, -0.05) is 70.9 Å². The predicted molar refractivity (Wildman–Crippen MR) is 75.3 cm³/mol. The van der Waals surface area contributed by atoms with Gasteiger partial charge < -0.3 is 4.74 Å². The van der Waals surface area contributed by atoms with Gasteiger partial charge >= 0.3 is 0 Å². The molecule has 0 amide bonds. The van der Waals surface area contributed by atoms with Crippen molar-refractivity contribution in [2.45, 2.75) is 90.3 Å². The summed E-state index contributed by atoms with van der Waals surface area (Å²) in [7, 11) is 0. The predicted octanol–water partition coefficient (Wildman–Crippen LogP) is 5.25.